The molecule has 2 aliphatic rings. The number of hydrogen-bond donors (Lipinski definition) is 2. The van der Waals surface area contributed by atoms with E-state index in [0.29, 0.717) is 12.8 Å². The summed E-state index contributed by atoms with van der Waals surface area (Å²) >= 11 is 0. The van der Waals surface area contributed by atoms with Crippen molar-refractivity contribution in [2.75, 3.05) is 0 Å². The van der Waals surface area contributed by atoms with Crippen LogP contribution in [0.25, 0.3) is 0 Å². The Morgan fingerprint density at radius 3 is 1.62 bits per heavy atom. The van der Waals surface area contributed by atoms with Crippen molar-refractivity contribution in [3.63, 3.8) is 0 Å². The molecule has 0 spiro atoms. The molecule has 0 aromatic carbocycles. The van der Waals surface area contributed by atoms with Crippen molar-refractivity contribution in [3.8, 4) is 0 Å². The molecule has 0 aromatic rings. The topological polar surface area (TPSA) is 82.9 Å². The van der Waals surface area contributed by atoms with Gasteiger partial charge in [-0.15, -0.1) is 0 Å². The summed E-state index contributed by atoms with van der Waals surface area (Å²) in [6, 6.07) is 0. The maximum atomic E-state index is 10.8. The molecule has 2 N–H and O–H groups in total. The van der Waals surface area contributed by atoms with Gasteiger partial charge < -0.3 is 0 Å². The van der Waals surface area contributed by atoms with Crippen LogP contribution in [0.5, 0.6) is 0 Å². The molecule has 0 fully saturated rings. The van der Waals surface area contributed by atoms with Crippen LogP contribution in [0.2, 0.25) is 0 Å². The van der Waals surface area contributed by atoms with E-state index in [1.165, 1.54) is 0 Å². The molecule has 86 valence electrons. The predicted molar refractivity (Wildman–Crippen MR) is 58.9 cm³/mol. The van der Waals surface area contributed by atoms with E-state index >= 15 is 0 Å². The smallest absolute Gasteiger partial charge is 0.245 e. The van der Waals surface area contributed by atoms with Crippen molar-refractivity contribution in [1.82, 2.24) is 10.9 Å². The molecule has 16 heavy (non-hydrogen) atoms. The summed E-state index contributed by atoms with van der Waals surface area (Å²) in [6.45, 7) is 0. The number of nitrogens with one attached hydrogen (secondary N) is 2. The van der Waals surface area contributed by atoms with Gasteiger partial charge in [0.05, 0.1) is 12.8 Å². The summed E-state index contributed by atoms with van der Waals surface area (Å²) < 4.78 is 0. The molecule has 0 bridgehead atoms. The second kappa shape index (κ2) is 4.87. The maximum Gasteiger partial charge on any atom is 0.245 e. The van der Waals surface area contributed by atoms with E-state index in [1.807, 2.05) is 0 Å². The molecule has 0 saturated carbocycles. The molecule has 2 heterocycles. The van der Waals surface area contributed by atoms with Crippen LogP contribution in [0.15, 0.2) is 10.2 Å². The molecular formula is C10H14N4O2. The zero-order valence-electron chi connectivity index (χ0n) is 8.95. The molecule has 0 atom stereocenters. The summed E-state index contributed by atoms with van der Waals surface area (Å²) in [7, 11) is 0. The lowest BCUT2D eigenvalue weighted by molar-refractivity contribution is -0.120. The Balaban J connectivity index is 1.59. The molecule has 2 amide bonds. The fourth-order valence-corrected chi connectivity index (χ4v) is 1.76. The summed E-state index contributed by atoms with van der Waals surface area (Å²) in [5.41, 5.74) is 6.70. The Morgan fingerprint density at radius 1 is 0.875 bits per heavy atom. The number of rotatable bonds is 5. The van der Waals surface area contributed by atoms with Gasteiger partial charge in [0, 0.05) is 11.4 Å². The fraction of sp³-hybridized carbons (Fsp3) is 0.600. The van der Waals surface area contributed by atoms with Crippen molar-refractivity contribution in [2.45, 2.75) is 38.5 Å². The van der Waals surface area contributed by atoms with Crippen LogP contribution in [-0.4, -0.2) is 23.2 Å². The number of hydrogen-bond acceptors (Lipinski definition) is 4. The number of carbonyl (C=O) groups is 2. The van der Waals surface area contributed by atoms with Crippen LogP contribution < -0.4 is 10.9 Å². The van der Waals surface area contributed by atoms with Crippen LogP contribution >= 0.6 is 0 Å². The SMILES string of the molecule is O=C1CC(CCCCC2=NNC(=O)C2)=NN1. The molecule has 6 nitrogen and oxygen atoms in total. The van der Waals surface area contributed by atoms with Gasteiger partial charge in [0.15, 0.2) is 0 Å². The lowest BCUT2D eigenvalue weighted by Gasteiger charge is -1.99. The zero-order chi connectivity index (χ0) is 11.4. The number of unbranched alkanes of at least 4 members (excludes halogenated alkanes) is 1. The van der Waals surface area contributed by atoms with Gasteiger partial charge in [0.1, 0.15) is 0 Å². The van der Waals surface area contributed by atoms with Gasteiger partial charge in [-0.1, -0.05) is 0 Å². The van der Waals surface area contributed by atoms with Crippen molar-refractivity contribution < 1.29 is 9.59 Å². The monoisotopic (exact) mass is 222 g/mol. The van der Waals surface area contributed by atoms with Crippen molar-refractivity contribution in [2.24, 2.45) is 10.2 Å². The van der Waals surface area contributed by atoms with Crippen LogP contribution in [0, 0.1) is 0 Å². The standard InChI is InChI=1S/C10H14N4O2/c15-9-5-7(11-13-9)3-1-2-4-8-6-10(16)14-12-8/h1-6H2,(H,13,15)(H,14,16). The Kier molecular flexibility index (Phi) is 3.28. The summed E-state index contributed by atoms with van der Waals surface area (Å²) in [5, 5.41) is 7.84. The second-order valence-corrected chi connectivity index (χ2v) is 3.99. The third-order valence-corrected chi connectivity index (χ3v) is 2.59. The Labute approximate surface area is 93.2 Å². The van der Waals surface area contributed by atoms with Gasteiger partial charge in [-0.25, -0.2) is 10.9 Å². The highest BCUT2D eigenvalue weighted by molar-refractivity contribution is 6.05. The van der Waals surface area contributed by atoms with E-state index in [4.69, 9.17) is 0 Å². The van der Waals surface area contributed by atoms with Crippen LogP contribution in [0.3, 0.4) is 0 Å². The van der Waals surface area contributed by atoms with Gasteiger partial charge in [-0.2, -0.15) is 10.2 Å². The lowest BCUT2D eigenvalue weighted by Crippen LogP contribution is -2.09. The molecule has 0 radical (unpaired) electrons. The van der Waals surface area contributed by atoms with Crippen molar-refractivity contribution in [3.05, 3.63) is 0 Å². The summed E-state index contributed by atoms with van der Waals surface area (Å²) in [6.07, 6.45) is 4.49. The molecular weight excluding hydrogens is 208 g/mol. The number of carbonyl (C=O) groups excluding carboxylic acids is 2. The summed E-state index contributed by atoms with van der Waals surface area (Å²) in [4.78, 5) is 21.7. The van der Waals surface area contributed by atoms with Crippen LogP contribution in [-0.2, 0) is 9.59 Å². The molecule has 0 unspecified atom stereocenters. The van der Waals surface area contributed by atoms with E-state index in [-0.39, 0.29) is 11.8 Å². The number of nitrogens with zero attached hydrogens (tertiary/aromatic N) is 2. The van der Waals surface area contributed by atoms with Gasteiger partial charge in [-0.3, -0.25) is 9.59 Å². The minimum atomic E-state index is -0.0232. The molecule has 0 aromatic heterocycles. The van der Waals surface area contributed by atoms with Gasteiger partial charge in [0.25, 0.3) is 0 Å². The maximum absolute atomic E-state index is 10.8. The van der Waals surface area contributed by atoms with E-state index in [2.05, 4.69) is 21.1 Å². The summed E-state index contributed by atoms with van der Waals surface area (Å²) in [5.74, 6) is -0.0464. The number of amides is 2. The molecule has 0 saturated heterocycles. The minimum absolute atomic E-state index is 0.0232. The highest BCUT2D eigenvalue weighted by atomic mass is 16.2. The fourth-order valence-electron chi connectivity index (χ4n) is 1.76. The zero-order valence-corrected chi connectivity index (χ0v) is 8.95. The average molecular weight is 222 g/mol. The van der Waals surface area contributed by atoms with Crippen molar-refractivity contribution >= 4 is 23.2 Å². The second-order valence-electron chi connectivity index (χ2n) is 3.99. The lowest BCUT2D eigenvalue weighted by atomic mass is 10.1. The van der Waals surface area contributed by atoms with E-state index in [1.54, 1.807) is 0 Å². The minimum Gasteiger partial charge on any atom is -0.273 e. The first kappa shape index (κ1) is 10.8. The quantitative estimate of drug-likeness (QED) is 0.656. The third kappa shape index (κ3) is 2.88. The first-order chi connectivity index (χ1) is 7.74. The van der Waals surface area contributed by atoms with E-state index in [0.717, 1.165) is 37.1 Å². The largest absolute Gasteiger partial charge is 0.273 e. The first-order valence-corrected chi connectivity index (χ1v) is 5.42. The third-order valence-electron chi connectivity index (χ3n) is 2.59. The first-order valence-electron chi connectivity index (χ1n) is 5.42. The molecule has 2 rings (SSSR count). The number of hydrazone groups is 2. The molecule has 0 aliphatic carbocycles. The molecule has 6 heteroatoms. The van der Waals surface area contributed by atoms with Gasteiger partial charge in [-0.05, 0) is 25.7 Å². The average Bonchev–Trinajstić information content (AvgIpc) is 2.83. The Morgan fingerprint density at radius 2 is 1.31 bits per heavy atom. The van der Waals surface area contributed by atoms with Gasteiger partial charge >= 0.3 is 0 Å². The van der Waals surface area contributed by atoms with Crippen molar-refractivity contribution in [1.29, 1.82) is 0 Å². The van der Waals surface area contributed by atoms with Crippen LogP contribution in [0.1, 0.15) is 38.5 Å². The Hall–Kier alpha value is -1.72. The van der Waals surface area contributed by atoms with E-state index < -0.39 is 0 Å². The normalized spacial score (nSPS) is 19.2. The highest BCUT2D eigenvalue weighted by Crippen LogP contribution is 2.10. The molecule has 2 aliphatic heterocycles. The predicted octanol–water partition coefficient (Wildman–Crippen LogP) is 0.299. The van der Waals surface area contributed by atoms with Gasteiger partial charge in [0.2, 0.25) is 11.8 Å². The van der Waals surface area contributed by atoms with Crippen LogP contribution in [0.4, 0.5) is 0 Å². The Bertz CT molecular complexity index is 337. The van der Waals surface area contributed by atoms with E-state index in [9.17, 15) is 9.59 Å². The highest BCUT2D eigenvalue weighted by Gasteiger charge is 2.15.